The highest BCUT2D eigenvalue weighted by Crippen LogP contribution is 2.25. The van der Waals surface area contributed by atoms with Gasteiger partial charge in [0.15, 0.2) is 0 Å². The summed E-state index contributed by atoms with van der Waals surface area (Å²) >= 11 is 11.8. The van der Waals surface area contributed by atoms with Crippen LogP contribution in [0.2, 0.25) is 10.0 Å². The van der Waals surface area contributed by atoms with Gasteiger partial charge in [0.25, 0.3) is 0 Å². The zero-order valence-corrected chi connectivity index (χ0v) is 14.1. The number of rotatable bonds is 7. The Balaban J connectivity index is 1.61. The SMILES string of the molecule is O=C(CCNCCC1=CCCCC1)Nc1ccc(Cl)c(Cl)c1. The van der Waals surface area contributed by atoms with Crippen molar-refractivity contribution in [2.75, 3.05) is 18.4 Å². The minimum Gasteiger partial charge on any atom is -0.326 e. The standard InChI is InChI=1S/C17H22Cl2N2O/c18-15-7-6-14(12-16(15)19)21-17(22)9-11-20-10-8-13-4-2-1-3-5-13/h4,6-7,12,20H,1-3,5,8-11H2,(H,21,22). The average Bonchev–Trinajstić information content (AvgIpc) is 2.52. The van der Waals surface area contributed by atoms with Gasteiger partial charge in [0.05, 0.1) is 10.0 Å². The summed E-state index contributed by atoms with van der Waals surface area (Å²) in [6.45, 7) is 1.62. The van der Waals surface area contributed by atoms with Crippen LogP contribution < -0.4 is 10.6 Å². The third kappa shape index (κ3) is 5.99. The van der Waals surface area contributed by atoms with E-state index in [1.807, 2.05) is 0 Å². The van der Waals surface area contributed by atoms with Crippen molar-refractivity contribution in [3.05, 3.63) is 39.9 Å². The molecule has 120 valence electrons. The summed E-state index contributed by atoms with van der Waals surface area (Å²) in [5.74, 6) is -0.0252. The van der Waals surface area contributed by atoms with Gasteiger partial charge in [-0.1, -0.05) is 34.9 Å². The molecule has 5 heteroatoms. The van der Waals surface area contributed by atoms with Crippen molar-refractivity contribution in [1.29, 1.82) is 0 Å². The summed E-state index contributed by atoms with van der Waals surface area (Å²) in [5, 5.41) is 7.07. The molecule has 1 aromatic carbocycles. The van der Waals surface area contributed by atoms with Crippen molar-refractivity contribution in [3.8, 4) is 0 Å². The van der Waals surface area contributed by atoms with Crippen molar-refractivity contribution in [3.63, 3.8) is 0 Å². The van der Waals surface area contributed by atoms with E-state index in [-0.39, 0.29) is 5.91 Å². The smallest absolute Gasteiger partial charge is 0.225 e. The highest BCUT2D eigenvalue weighted by molar-refractivity contribution is 6.42. The second-order valence-corrected chi connectivity index (χ2v) is 6.35. The van der Waals surface area contributed by atoms with E-state index < -0.39 is 0 Å². The minimum absolute atomic E-state index is 0.0252. The van der Waals surface area contributed by atoms with Crippen LogP contribution in [0.1, 0.15) is 38.5 Å². The number of anilines is 1. The van der Waals surface area contributed by atoms with E-state index in [0.717, 1.165) is 13.0 Å². The second kappa shape index (κ2) is 9.19. The van der Waals surface area contributed by atoms with Crippen LogP contribution >= 0.6 is 23.2 Å². The maximum absolute atomic E-state index is 11.8. The molecule has 1 aliphatic carbocycles. The van der Waals surface area contributed by atoms with Crippen molar-refractivity contribution in [2.45, 2.75) is 38.5 Å². The molecule has 0 saturated heterocycles. The van der Waals surface area contributed by atoms with Crippen LogP contribution in [0.4, 0.5) is 5.69 Å². The number of nitrogens with one attached hydrogen (secondary N) is 2. The fourth-order valence-corrected chi connectivity index (χ4v) is 2.80. The van der Waals surface area contributed by atoms with E-state index in [1.165, 1.54) is 25.7 Å². The highest BCUT2D eigenvalue weighted by Gasteiger charge is 2.05. The molecule has 0 aromatic heterocycles. The van der Waals surface area contributed by atoms with Gasteiger partial charge in [0.2, 0.25) is 5.91 Å². The molecule has 0 bridgehead atoms. The van der Waals surface area contributed by atoms with Gasteiger partial charge in [0.1, 0.15) is 0 Å². The Morgan fingerprint density at radius 3 is 2.73 bits per heavy atom. The van der Waals surface area contributed by atoms with Crippen LogP contribution in [0.25, 0.3) is 0 Å². The third-order valence-electron chi connectivity index (χ3n) is 3.74. The third-order valence-corrected chi connectivity index (χ3v) is 4.48. The Kier molecular flexibility index (Phi) is 7.23. The van der Waals surface area contributed by atoms with Crippen LogP contribution in [0, 0.1) is 0 Å². The maximum Gasteiger partial charge on any atom is 0.225 e. The van der Waals surface area contributed by atoms with Gasteiger partial charge in [0, 0.05) is 18.7 Å². The fourth-order valence-electron chi connectivity index (χ4n) is 2.50. The Labute approximate surface area is 142 Å². The lowest BCUT2D eigenvalue weighted by atomic mass is 9.97. The lowest BCUT2D eigenvalue weighted by Gasteiger charge is -2.13. The predicted molar refractivity (Wildman–Crippen MR) is 93.7 cm³/mol. The van der Waals surface area contributed by atoms with Gasteiger partial charge >= 0.3 is 0 Å². The summed E-state index contributed by atoms with van der Waals surface area (Å²) < 4.78 is 0. The molecular formula is C17H22Cl2N2O. The summed E-state index contributed by atoms with van der Waals surface area (Å²) in [4.78, 5) is 11.8. The van der Waals surface area contributed by atoms with Crippen LogP contribution in [0.15, 0.2) is 29.8 Å². The van der Waals surface area contributed by atoms with Crippen molar-refractivity contribution in [1.82, 2.24) is 5.32 Å². The lowest BCUT2D eigenvalue weighted by molar-refractivity contribution is -0.116. The summed E-state index contributed by atoms with van der Waals surface area (Å²) in [6.07, 6.45) is 9.00. The molecule has 1 aromatic rings. The molecule has 0 aliphatic heterocycles. The van der Waals surface area contributed by atoms with Gasteiger partial charge in [-0.2, -0.15) is 0 Å². The zero-order chi connectivity index (χ0) is 15.8. The highest BCUT2D eigenvalue weighted by atomic mass is 35.5. The number of carbonyl (C=O) groups is 1. The summed E-state index contributed by atoms with van der Waals surface area (Å²) in [7, 11) is 0. The molecule has 1 amide bonds. The van der Waals surface area contributed by atoms with Gasteiger partial charge in [-0.3, -0.25) is 4.79 Å². The Morgan fingerprint density at radius 1 is 1.14 bits per heavy atom. The van der Waals surface area contributed by atoms with Crippen molar-refractivity contribution >= 4 is 34.8 Å². The second-order valence-electron chi connectivity index (χ2n) is 5.54. The number of amides is 1. The fraction of sp³-hybridized carbons (Fsp3) is 0.471. The van der Waals surface area contributed by atoms with Crippen molar-refractivity contribution in [2.24, 2.45) is 0 Å². The first kappa shape index (κ1) is 17.3. The Bertz CT molecular complexity index is 543. The molecule has 1 aliphatic rings. The van der Waals surface area contributed by atoms with E-state index in [2.05, 4.69) is 16.7 Å². The first-order valence-corrected chi connectivity index (χ1v) is 8.54. The molecule has 0 radical (unpaired) electrons. The van der Waals surface area contributed by atoms with Crippen molar-refractivity contribution < 1.29 is 4.79 Å². The molecule has 0 saturated carbocycles. The summed E-state index contributed by atoms with van der Waals surface area (Å²) in [5.41, 5.74) is 2.23. The largest absolute Gasteiger partial charge is 0.326 e. The van der Waals surface area contributed by atoms with E-state index in [1.54, 1.807) is 23.8 Å². The molecule has 2 rings (SSSR count). The summed E-state index contributed by atoms with van der Waals surface area (Å²) in [6, 6.07) is 5.08. The Hall–Kier alpha value is -1.03. The number of halogens is 2. The topological polar surface area (TPSA) is 41.1 Å². The van der Waals surface area contributed by atoms with E-state index in [9.17, 15) is 4.79 Å². The van der Waals surface area contributed by atoms with Gasteiger partial charge in [-0.05, 0) is 56.8 Å². The molecule has 0 fully saturated rings. The van der Waals surface area contributed by atoms with Crippen LogP contribution in [0.5, 0.6) is 0 Å². The number of hydrogen-bond donors (Lipinski definition) is 2. The lowest BCUT2D eigenvalue weighted by Crippen LogP contribution is -2.23. The van der Waals surface area contributed by atoms with Crippen LogP contribution in [-0.2, 0) is 4.79 Å². The van der Waals surface area contributed by atoms with E-state index in [0.29, 0.717) is 28.7 Å². The Morgan fingerprint density at radius 2 is 2.00 bits per heavy atom. The van der Waals surface area contributed by atoms with Crippen LogP contribution in [-0.4, -0.2) is 19.0 Å². The molecule has 3 nitrogen and oxygen atoms in total. The minimum atomic E-state index is -0.0252. The average molecular weight is 341 g/mol. The number of benzene rings is 1. The quantitative estimate of drug-likeness (QED) is 0.552. The van der Waals surface area contributed by atoms with E-state index in [4.69, 9.17) is 23.2 Å². The van der Waals surface area contributed by atoms with Gasteiger partial charge in [-0.25, -0.2) is 0 Å². The first-order valence-electron chi connectivity index (χ1n) is 7.78. The normalized spacial score (nSPS) is 14.5. The monoisotopic (exact) mass is 340 g/mol. The zero-order valence-electron chi connectivity index (χ0n) is 12.6. The molecular weight excluding hydrogens is 319 g/mol. The predicted octanol–water partition coefficient (Wildman–Crippen LogP) is 4.80. The number of hydrogen-bond acceptors (Lipinski definition) is 2. The van der Waals surface area contributed by atoms with Gasteiger partial charge in [-0.15, -0.1) is 0 Å². The molecule has 0 heterocycles. The molecule has 22 heavy (non-hydrogen) atoms. The number of allylic oxidation sites excluding steroid dienone is 1. The van der Waals surface area contributed by atoms with Crippen LogP contribution in [0.3, 0.4) is 0 Å². The molecule has 0 unspecified atom stereocenters. The van der Waals surface area contributed by atoms with E-state index >= 15 is 0 Å². The van der Waals surface area contributed by atoms with Gasteiger partial charge < -0.3 is 10.6 Å². The molecule has 2 N–H and O–H groups in total. The maximum atomic E-state index is 11.8. The molecule has 0 atom stereocenters. The molecule has 0 spiro atoms. The number of carbonyl (C=O) groups excluding carboxylic acids is 1. The first-order chi connectivity index (χ1) is 10.6.